The van der Waals surface area contributed by atoms with Gasteiger partial charge in [0.05, 0.1) is 31.1 Å². The summed E-state index contributed by atoms with van der Waals surface area (Å²) in [4.78, 5) is 11.9. The molecule has 3 aliphatic heterocycles. The third-order valence-corrected chi connectivity index (χ3v) is 7.47. The summed E-state index contributed by atoms with van der Waals surface area (Å²) in [5, 5.41) is 5.13. The zero-order valence-electron chi connectivity index (χ0n) is 20.2. The molecule has 186 valence electrons. The fourth-order valence-corrected chi connectivity index (χ4v) is 5.60. The van der Waals surface area contributed by atoms with Crippen LogP contribution in [0.3, 0.4) is 0 Å². The van der Waals surface area contributed by atoms with Crippen molar-refractivity contribution in [3.8, 4) is 11.4 Å². The zero-order valence-corrected chi connectivity index (χ0v) is 20.2. The number of aromatic nitrogens is 4. The van der Waals surface area contributed by atoms with Gasteiger partial charge in [-0.2, -0.15) is 5.10 Å². The summed E-state index contributed by atoms with van der Waals surface area (Å²) in [7, 11) is 0. The molecule has 6 rings (SSSR count). The van der Waals surface area contributed by atoms with Crippen LogP contribution >= 0.6 is 0 Å². The first-order valence-corrected chi connectivity index (χ1v) is 12.8. The van der Waals surface area contributed by atoms with Gasteiger partial charge in [0, 0.05) is 37.9 Å². The average molecular weight is 482 g/mol. The topological polar surface area (TPSA) is 74.5 Å². The van der Waals surface area contributed by atoms with E-state index < -0.39 is 0 Å². The van der Waals surface area contributed by atoms with E-state index in [0.717, 1.165) is 55.7 Å². The molecular weight excluding hydrogens is 449 g/mol. The summed E-state index contributed by atoms with van der Waals surface area (Å²) in [6.07, 6.45) is 7.72. The van der Waals surface area contributed by atoms with Gasteiger partial charge in [-0.15, -0.1) is 0 Å². The third kappa shape index (κ3) is 4.30. The van der Waals surface area contributed by atoms with E-state index >= 15 is 4.39 Å². The van der Waals surface area contributed by atoms with Crippen LogP contribution in [0, 0.1) is 5.82 Å². The SMILES string of the molecule is C[C@@H]1COCCN1c1cc(C2CCOCC2)c2c(F)cnc(-c3ccnn3C3CCCCO3)c2n1. The minimum absolute atomic E-state index is 0.145. The second kappa shape index (κ2) is 9.79. The van der Waals surface area contributed by atoms with E-state index in [4.69, 9.17) is 19.2 Å². The second-order valence-electron chi connectivity index (χ2n) is 9.73. The lowest BCUT2D eigenvalue weighted by Crippen LogP contribution is -2.44. The fraction of sp³-hybridized carbons (Fsp3) is 0.577. The molecule has 2 atom stereocenters. The van der Waals surface area contributed by atoms with E-state index in [1.54, 1.807) is 6.20 Å². The number of fused-ring (bicyclic) bond motifs is 1. The lowest BCUT2D eigenvalue weighted by Gasteiger charge is -2.35. The number of morpholine rings is 1. The molecule has 1 unspecified atom stereocenters. The highest BCUT2D eigenvalue weighted by Crippen LogP contribution is 2.39. The second-order valence-corrected chi connectivity index (χ2v) is 9.73. The number of ether oxygens (including phenoxy) is 3. The van der Waals surface area contributed by atoms with Crippen molar-refractivity contribution in [3.05, 3.63) is 35.9 Å². The van der Waals surface area contributed by atoms with E-state index in [0.29, 0.717) is 49.6 Å². The van der Waals surface area contributed by atoms with Gasteiger partial charge in [-0.1, -0.05) is 0 Å². The number of rotatable bonds is 4. The number of anilines is 1. The van der Waals surface area contributed by atoms with Crippen LogP contribution in [-0.4, -0.2) is 65.4 Å². The van der Waals surface area contributed by atoms with E-state index in [2.05, 4.69) is 28.0 Å². The summed E-state index contributed by atoms with van der Waals surface area (Å²) in [5.74, 6) is 0.725. The van der Waals surface area contributed by atoms with Crippen molar-refractivity contribution in [1.82, 2.24) is 19.7 Å². The quantitative estimate of drug-likeness (QED) is 0.545. The van der Waals surface area contributed by atoms with Gasteiger partial charge in [0.1, 0.15) is 17.0 Å². The highest BCUT2D eigenvalue weighted by atomic mass is 19.1. The molecule has 8 nitrogen and oxygen atoms in total. The number of halogens is 1. The van der Waals surface area contributed by atoms with E-state index in [1.807, 2.05) is 10.7 Å². The molecule has 3 fully saturated rings. The van der Waals surface area contributed by atoms with Crippen LogP contribution in [-0.2, 0) is 14.2 Å². The molecule has 3 aliphatic rings. The molecule has 9 heteroatoms. The maximum absolute atomic E-state index is 15.5. The number of hydrogen-bond acceptors (Lipinski definition) is 7. The highest BCUT2D eigenvalue weighted by molar-refractivity contribution is 5.94. The van der Waals surface area contributed by atoms with Gasteiger partial charge in [-0.05, 0) is 62.6 Å². The van der Waals surface area contributed by atoms with Gasteiger partial charge >= 0.3 is 0 Å². The molecule has 0 aromatic carbocycles. The van der Waals surface area contributed by atoms with Crippen molar-refractivity contribution in [2.75, 3.05) is 44.5 Å². The molecule has 6 heterocycles. The zero-order chi connectivity index (χ0) is 23.8. The van der Waals surface area contributed by atoms with Crippen molar-refractivity contribution in [3.63, 3.8) is 0 Å². The molecule has 3 saturated heterocycles. The predicted octanol–water partition coefficient (Wildman–Crippen LogP) is 4.45. The summed E-state index contributed by atoms with van der Waals surface area (Å²) in [6.45, 7) is 6.26. The first kappa shape index (κ1) is 22.8. The summed E-state index contributed by atoms with van der Waals surface area (Å²) in [5.41, 5.74) is 3.03. The van der Waals surface area contributed by atoms with Crippen molar-refractivity contribution in [2.24, 2.45) is 0 Å². The molecule has 0 amide bonds. The van der Waals surface area contributed by atoms with Crippen molar-refractivity contribution >= 4 is 16.7 Å². The van der Waals surface area contributed by atoms with Gasteiger partial charge in [0.2, 0.25) is 0 Å². The van der Waals surface area contributed by atoms with Crippen LogP contribution in [0.1, 0.15) is 56.7 Å². The lowest BCUT2D eigenvalue weighted by molar-refractivity contribution is -0.0383. The van der Waals surface area contributed by atoms with E-state index in [1.165, 1.54) is 6.20 Å². The van der Waals surface area contributed by atoms with Gasteiger partial charge < -0.3 is 19.1 Å². The number of nitrogens with zero attached hydrogens (tertiary/aromatic N) is 5. The van der Waals surface area contributed by atoms with Crippen LogP contribution in [0.15, 0.2) is 24.5 Å². The van der Waals surface area contributed by atoms with Crippen LogP contribution in [0.5, 0.6) is 0 Å². The Balaban J connectivity index is 1.54. The van der Waals surface area contributed by atoms with Gasteiger partial charge in [-0.25, -0.2) is 19.0 Å². The normalized spacial score (nSPS) is 24.2. The molecule has 0 radical (unpaired) electrons. The maximum Gasteiger partial charge on any atom is 0.151 e. The fourth-order valence-electron chi connectivity index (χ4n) is 5.60. The Bertz CT molecular complexity index is 1190. The summed E-state index contributed by atoms with van der Waals surface area (Å²) in [6, 6.07) is 4.20. The van der Waals surface area contributed by atoms with Crippen molar-refractivity contribution in [2.45, 2.75) is 57.2 Å². The molecule has 3 aromatic rings. The average Bonchev–Trinajstić information content (AvgIpc) is 3.39. The summed E-state index contributed by atoms with van der Waals surface area (Å²) >= 11 is 0. The minimum Gasteiger partial charge on any atom is -0.381 e. The van der Waals surface area contributed by atoms with E-state index in [-0.39, 0.29) is 24.0 Å². The van der Waals surface area contributed by atoms with Crippen LogP contribution in [0.25, 0.3) is 22.3 Å². The van der Waals surface area contributed by atoms with Gasteiger partial charge in [0.15, 0.2) is 12.0 Å². The Morgan fingerprint density at radius 3 is 2.74 bits per heavy atom. The van der Waals surface area contributed by atoms with Crippen molar-refractivity contribution in [1.29, 1.82) is 0 Å². The Kier molecular flexibility index (Phi) is 6.39. The van der Waals surface area contributed by atoms with Crippen LogP contribution in [0.4, 0.5) is 10.2 Å². The summed E-state index contributed by atoms with van der Waals surface area (Å²) < 4.78 is 34.7. The predicted molar refractivity (Wildman–Crippen MR) is 130 cm³/mol. The first-order valence-electron chi connectivity index (χ1n) is 12.8. The Hall–Kier alpha value is -2.62. The monoisotopic (exact) mass is 481 g/mol. The Morgan fingerprint density at radius 1 is 1.06 bits per heavy atom. The molecule has 0 saturated carbocycles. The smallest absolute Gasteiger partial charge is 0.151 e. The largest absolute Gasteiger partial charge is 0.381 e. The van der Waals surface area contributed by atoms with Crippen LogP contribution < -0.4 is 4.90 Å². The Labute approximate surface area is 204 Å². The number of hydrogen-bond donors (Lipinski definition) is 0. The minimum atomic E-state index is -0.334. The standard InChI is InChI=1S/C26H32FN5O3/c1-17-16-34-13-9-31(17)22-14-19(18-6-11-33-12-7-18)24-20(27)15-28-25(26(24)30-22)21-5-8-29-32(21)23-4-2-3-10-35-23/h5,8,14-15,17-18,23H,2-4,6-7,9-13,16H2,1H3/t17-,23?/m1/s1. The molecule has 0 aliphatic carbocycles. The van der Waals surface area contributed by atoms with E-state index in [9.17, 15) is 0 Å². The maximum atomic E-state index is 15.5. The van der Waals surface area contributed by atoms with Gasteiger partial charge in [-0.3, -0.25) is 0 Å². The van der Waals surface area contributed by atoms with Crippen LogP contribution in [0.2, 0.25) is 0 Å². The Morgan fingerprint density at radius 2 is 1.94 bits per heavy atom. The molecule has 0 N–H and O–H groups in total. The third-order valence-electron chi connectivity index (χ3n) is 7.47. The molecular formula is C26H32FN5O3. The van der Waals surface area contributed by atoms with Gasteiger partial charge in [0.25, 0.3) is 0 Å². The first-order chi connectivity index (χ1) is 17.2. The molecule has 0 bridgehead atoms. The lowest BCUT2D eigenvalue weighted by atomic mass is 9.88. The molecule has 3 aromatic heterocycles. The molecule has 35 heavy (non-hydrogen) atoms. The molecule has 0 spiro atoms. The number of pyridine rings is 2. The van der Waals surface area contributed by atoms with Crippen molar-refractivity contribution < 1.29 is 18.6 Å². The highest BCUT2D eigenvalue weighted by Gasteiger charge is 2.29.